The van der Waals surface area contributed by atoms with Crippen LogP contribution < -0.4 is 10.6 Å². The average Bonchev–Trinajstić information content (AvgIpc) is 4.03. The molecule has 4 atom stereocenters. The zero-order valence-corrected chi connectivity index (χ0v) is 34.6. The highest BCUT2D eigenvalue weighted by Crippen LogP contribution is 2.37. The van der Waals surface area contributed by atoms with Gasteiger partial charge in [0.1, 0.15) is 23.7 Å². The number of aromatic amines is 2. The molecule has 0 aliphatic carbocycles. The first-order valence-electron chi connectivity index (χ1n) is 20.2. The molecule has 7 rings (SSSR count). The summed E-state index contributed by atoms with van der Waals surface area (Å²) in [4.78, 5) is 72.0. The van der Waals surface area contributed by atoms with E-state index in [1.54, 1.807) is 0 Å². The Labute approximate surface area is 338 Å². The number of likely N-dealkylation sites (tertiary alicyclic amines) is 2. The molecule has 2 aliphatic heterocycles. The maximum atomic E-state index is 13.7. The van der Waals surface area contributed by atoms with Crippen molar-refractivity contribution in [3.8, 4) is 22.3 Å². The van der Waals surface area contributed by atoms with Crippen LogP contribution in [0.4, 0.5) is 9.59 Å². The summed E-state index contributed by atoms with van der Waals surface area (Å²) in [6.45, 7) is 13.0. The average molecular weight is 791 g/mol. The van der Waals surface area contributed by atoms with Gasteiger partial charge in [-0.3, -0.25) is 9.59 Å². The minimum Gasteiger partial charge on any atom is -0.453 e. The molecule has 4 amide bonds. The number of hydrogen-bond donors (Lipinski definition) is 4. The Morgan fingerprint density at radius 1 is 0.655 bits per heavy atom. The van der Waals surface area contributed by atoms with E-state index in [2.05, 4.69) is 83.0 Å². The molecular formula is C44H54N8O6. The molecule has 5 aromatic rings. The Morgan fingerprint density at radius 3 is 1.38 bits per heavy atom. The van der Waals surface area contributed by atoms with Gasteiger partial charge in [0.15, 0.2) is 0 Å². The second-order valence-electron chi connectivity index (χ2n) is 16.3. The summed E-state index contributed by atoms with van der Waals surface area (Å²) in [6, 6.07) is 15.1. The number of nitrogens with one attached hydrogen (secondary N) is 4. The number of imidazole rings is 2. The van der Waals surface area contributed by atoms with Crippen molar-refractivity contribution in [2.24, 2.45) is 11.8 Å². The summed E-state index contributed by atoms with van der Waals surface area (Å²) in [5.41, 5.74) is 9.94. The van der Waals surface area contributed by atoms with Crippen molar-refractivity contribution in [2.75, 3.05) is 27.3 Å². The van der Waals surface area contributed by atoms with Crippen LogP contribution in [-0.2, 0) is 19.1 Å². The molecule has 4 heterocycles. The van der Waals surface area contributed by atoms with Crippen LogP contribution in [0, 0.1) is 25.7 Å². The fourth-order valence-electron chi connectivity index (χ4n) is 8.51. The summed E-state index contributed by atoms with van der Waals surface area (Å²) in [7, 11) is 2.59. The lowest BCUT2D eigenvalue weighted by molar-refractivity contribution is -0.136. The number of amides is 4. The van der Waals surface area contributed by atoms with Crippen molar-refractivity contribution < 1.29 is 28.7 Å². The van der Waals surface area contributed by atoms with Crippen molar-refractivity contribution in [3.05, 3.63) is 71.3 Å². The number of hydrogen-bond acceptors (Lipinski definition) is 8. The Morgan fingerprint density at radius 2 is 1.03 bits per heavy atom. The third-order valence-corrected chi connectivity index (χ3v) is 11.7. The second-order valence-corrected chi connectivity index (χ2v) is 16.3. The van der Waals surface area contributed by atoms with Crippen molar-refractivity contribution in [2.45, 2.75) is 91.4 Å². The molecule has 2 saturated heterocycles. The largest absolute Gasteiger partial charge is 0.453 e. The first-order valence-corrected chi connectivity index (χ1v) is 20.2. The first kappa shape index (κ1) is 40.3. The standard InChI is InChI=1S/C44H54N8O6/c1-23(2)37(49-43(55)57-7)41(53)51-17-9-11-35(51)39-45-31-19-25(5)29(21-33(31)47-39)27-13-15-28(16-14-27)30-22-34-32(20-26(30)6)46-40(48-34)36-12-10-18-52(36)42(54)38(24(3)4)50-44(56)58-8/h13-16,19-24,35-38H,9-12,17-18H2,1-8H3,(H,45,47)(H,46,48)(H,49,55)(H,50,56)/t35-,36-,37-,38-/m0/s1. The van der Waals surface area contributed by atoms with Crippen LogP contribution in [0.5, 0.6) is 0 Å². The predicted molar refractivity (Wildman–Crippen MR) is 222 cm³/mol. The molecule has 2 aliphatic rings. The van der Waals surface area contributed by atoms with Crippen LogP contribution in [-0.4, -0.2) is 93.1 Å². The lowest BCUT2D eigenvalue weighted by Crippen LogP contribution is -2.51. The third kappa shape index (κ3) is 7.84. The summed E-state index contributed by atoms with van der Waals surface area (Å²) in [6.07, 6.45) is 2.00. The molecule has 306 valence electrons. The number of methoxy groups -OCH3 is 2. The summed E-state index contributed by atoms with van der Waals surface area (Å²) in [5.74, 6) is 0.981. The SMILES string of the molecule is COC(=O)N[C@H](C(=O)N1CCC[C@H]1c1nc2cc(C)c(-c3ccc(-c4cc5[nH]c([C@@H]6CCCN6C(=O)[C@@H](NC(=O)OC)C(C)C)nc5cc4C)cc3)cc2[nH]1)C(C)C. The van der Waals surface area contributed by atoms with Crippen LogP contribution >= 0.6 is 0 Å². The number of benzene rings is 3. The highest BCUT2D eigenvalue weighted by molar-refractivity contribution is 5.89. The quantitative estimate of drug-likeness (QED) is 0.113. The van der Waals surface area contributed by atoms with E-state index in [0.717, 1.165) is 92.8 Å². The zero-order chi connectivity index (χ0) is 41.4. The van der Waals surface area contributed by atoms with Gasteiger partial charge < -0.3 is 39.9 Å². The monoisotopic (exact) mass is 790 g/mol. The molecule has 14 heteroatoms. The van der Waals surface area contributed by atoms with E-state index in [1.165, 1.54) is 14.2 Å². The molecule has 0 spiro atoms. The van der Waals surface area contributed by atoms with E-state index in [9.17, 15) is 19.2 Å². The zero-order valence-electron chi connectivity index (χ0n) is 34.6. The normalized spacial score (nSPS) is 18.0. The Kier molecular flexibility index (Phi) is 11.5. The van der Waals surface area contributed by atoms with E-state index in [1.807, 2.05) is 37.5 Å². The van der Waals surface area contributed by atoms with E-state index < -0.39 is 24.3 Å². The highest BCUT2D eigenvalue weighted by atomic mass is 16.5. The van der Waals surface area contributed by atoms with Gasteiger partial charge in [-0.25, -0.2) is 19.6 Å². The number of H-pyrrole nitrogens is 2. The number of fused-ring (bicyclic) bond motifs is 2. The number of aromatic nitrogens is 4. The van der Waals surface area contributed by atoms with Gasteiger partial charge in [0.2, 0.25) is 11.8 Å². The van der Waals surface area contributed by atoms with Crippen LogP contribution in [0.3, 0.4) is 0 Å². The molecular weight excluding hydrogens is 737 g/mol. The van der Waals surface area contributed by atoms with Crippen molar-refractivity contribution in [3.63, 3.8) is 0 Å². The predicted octanol–water partition coefficient (Wildman–Crippen LogP) is 7.48. The van der Waals surface area contributed by atoms with Gasteiger partial charge in [0.25, 0.3) is 0 Å². The number of aryl methyl sites for hydroxylation is 2. The molecule has 0 unspecified atom stereocenters. The fourth-order valence-corrected chi connectivity index (χ4v) is 8.51. The van der Waals surface area contributed by atoms with Gasteiger partial charge in [-0.1, -0.05) is 52.0 Å². The number of alkyl carbamates (subject to hydrolysis) is 2. The van der Waals surface area contributed by atoms with Gasteiger partial charge in [-0.15, -0.1) is 0 Å². The van der Waals surface area contributed by atoms with E-state index in [0.29, 0.717) is 13.1 Å². The summed E-state index contributed by atoms with van der Waals surface area (Å²) < 4.78 is 9.57. The molecule has 2 fully saturated rings. The molecule has 0 radical (unpaired) electrons. The lowest BCUT2D eigenvalue weighted by atomic mass is 9.95. The van der Waals surface area contributed by atoms with Crippen molar-refractivity contribution in [1.29, 1.82) is 0 Å². The topological polar surface area (TPSA) is 175 Å². The van der Waals surface area contributed by atoms with Gasteiger partial charge in [-0.2, -0.15) is 0 Å². The Bertz CT molecular complexity index is 2180. The van der Waals surface area contributed by atoms with Gasteiger partial charge >= 0.3 is 12.2 Å². The lowest BCUT2D eigenvalue weighted by Gasteiger charge is -2.29. The fraction of sp³-hybridized carbons (Fsp3) is 0.455. The van der Waals surface area contributed by atoms with Gasteiger partial charge in [0.05, 0.1) is 48.4 Å². The number of carbonyl (C=O) groups excluding carboxylic acids is 4. The highest BCUT2D eigenvalue weighted by Gasteiger charge is 2.39. The number of carbonyl (C=O) groups is 4. The molecule has 2 aromatic heterocycles. The van der Waals surface area contributed by atoms with E-state index in [4.69, 9.17) is 19.4 Å². The first-order chi connectivity index (χ1) is 27.8. The van der Waals surface area contributed by atoms with Crippen LogP contribution in [0.1, 0.15) is 88.2 Å². The molecule has 0 bridgehead atoms. The van der Waals surface area contributed by atoms with Gasteiger partial charge in [-0.05, 0) is 109 Å². The minimum absolute atomic E-state index is 0.111. The van der Waals surface area contributed by atoms with E-state index >= 15 is 0 Å². The van der Waals surface area contributed by atoms with Crippen molar-refractivity contribution in [1.82, 2.24) is 40.4 Å². The smallest absolute Gasteiger partial charge is 0.407 e. The van der Waals surface area contributed by atoms with E-state index in [-0.39, 0.29) is 35.7 Å². The molecule has 0 saturated carbocycles. The summed E-state index contributed by atoms with van der Waals surface area (Å²) >= 11 is 0. The van der Waals surface area contributed by atoms with Crippen LogP contribution in [0.2, 0.25) is 0 Å². The molecule has 3 aromatic carbocycles. The summed E-state index contributed by atoms with van der Waals surface area (Å²) in [5, 5.41) is 5.43. The molecule has 58 heavy (non-hydrogen) atoms. The Hall–Kier alpha value is -5.92. The number of nitrogens with zero attached hydrogens (tertiary/aromatic N) is 4. The third-order valence-electron chi connectivity index (χ3n) is 11.7. The van der Waals surface area contributed by atoms with Crippen molar-refractivity contribution >= 4 is 46.1 Å². The Balaban J connectivity index is 1.11. The van der Waals surface area contributed by atoms with Crippen LogP contribution in [0.25, 0.3) is 44.3 Å². The van der Waals surface area contributed by atoms with Gasteiger partial charge in [0, 0.05) is 13.1 Å². The molecule has 14 nitrogen and oxygen atoms in total. The maximum Gasteiger partial charge on any atom is 0.407 e. The van der Waals surface area contributed by atoms with Crippen LogP contribution in [0.15, 0.2) is 48.5 Å². The second kappa shape index (κ2) is 16.5. The maximum absolute atomic E-state index is 13.7. The number of rotatable bonds is 10. The minimum atomic E-state index is -0.695. The molecule has 4 N–H and O–H groups in total. The number of ether oxygens (including phenoxy) is 2.